The van der Waals surface area contributed by atoms with Gasteiger partial charge >= 0.3 is 0 Å². The molecule has 0 saturated carbocycles. The third kappa shape index (κ3) is 8.12. The summed E-state index contributed by atoms with van der Waals surface area (Å²) in [5, 5.41) is 11.8. The molecule has 12 nitrogen and oxygen atoms in total. The molecule has 45 heavy (non-hydrogen) atoms. The molecule has 0 radical (unpaired) electrons. The molecule has 1 aliphatic heterocycles. The lowest BCUT2D eigenvalue weighted by Crippen LogP contribution is -2.49. The number of carbonyl (C=O) groups is 4. The zero-order valence-corrected chi connectivity index (χ0v) is 26.9. The summed E-state index contributed by atoms with van der Waals surface area (Å²) in [4.78, 5) is 70.2. The van der Waals surface area contributed by atoms with Crippen LogP contribution in [0.3, 0.4) is 0 Å². The van der Waals surface area contributed by atoms with E-state index in [1.54, 1.807) is 38.1 Å². The number of amides is 4. The minimum Gasteiger partial charge on any atom is -0.443 e. The van der Waals surface area contributed by atoms with Crippen LogP contribution in [0.25, 0.3) is 0 Å². The molecule has 2 bridgehead atoms. The van der Waals surface area contributed by atoms with Gasteiger partial charge in [0.05, 0.1) is 6.54 Å². The summed E-state index contributed by atoms with van der Waals surface area (Å²) in [6.45, 7) is 7.16. The predicted octanol–water partition coefficient (Wildman–Crippen LogP) is 3.53. The normalized spacial score (nSPS) is 19.9. The molecule has 240 valence electrons. The Hall–Kier alpha value is -4.16. The highest BCUT2D eigenvalue weighted by molar-refractivity contribution is 6.36. The molecule has 4 amide bonds. The van der Waals surface area contributed by atoms with E-state index in [-0.39, 0.29) is 54.2 Å². The van der Waals surface area contributed by atoms with Crippen molar-refractivity contribution in [3.05, 3.63) is 85.4 Å². The van der Waals surface area contributed by atoms with E-state index < -0.39 is 41.4 Å². The van der Waals surface area contributed by atoms with Crippen molar-refractivity contribution in [3.63, 3.8) is 0 Å². The number of carbonyl (C=O) groups excluding carboxylic acids is 4. The van der Waals surface area contributed by atoms with Gasteiger partial charge in [0, 0.05) is 28.4 Å². The number of aryl methyl sites for hydroxylation is 1. The van der Waals surface area contributed by atoms with Crippen LogP contribution in [0.4, 0.5) is 0 Å². The fraction of sp³-hybridized carbons (Fsp3) is 0.419. The number of hydrogen-bond donors (Lipinski definition) is 4. The SMILES string of the molecule is Cc1oc2nc1C(=O)N[C@H](C)C(=O)NCCCC[C@H](NC(=O)c1cccn(Cc3c(Cl)cccc3Cl)c1=O)C(=O)N[C@H]2C(C)C. The van der Waals surface area contributed by atoms with Crippen LogP contribution in [0.15, 0.2) is 45.7 Å². The first kappa shape index (κ1) is 33.7. The van der Waals surface area contributed by atoms with Crippen LogP contribution in [-0.4, -0.2) is 51.8 Å². The van der Waals surface area contributed by atoms with Crippen LogP contribution in [0.1, 0.15) is 84.1 Å². The van der Waals surface area contributed by atoms with Crippen molar-refractivity contribution in [3.8, 4) is 0 Å². The van der Waals surface area contributed by atoms with Crippen LogP contribution >= 0.6 is 23.2 Å². The third-order valence-electron chi connectivity index (χ3n) is 7.50. The van der Waals surface area contributed by atoms with E-state index in [0.29, 0.717) is 28.5 Å². The highest BCUT2D eigenvalue weighted by Crippen LogP contribution is 2.25. The van der Waals surface area contributed by atoms with Gasteiger partial charge in [0.2, 0.25) is 17.7 Å². The van der Waals surface area contributed by atoms with Crippen molar-refractivity contribution in [1.82, 2.24) is 30.8 Å². The number of hydrogen-bond acceptors (Lipinski definition) is 7. The quantitative estimate of drug-likeness (QED) is 0.326. The van der Waals surface area contributed by atoms with Crippen LogP contribution in [-0.2, 0) is 16.1 Å². The van der Waals surface area contributed by atoms with E-state index in [1.807, 2.05) is 13.8 Å². The molecule has 0 spiro atoms. The van der Waals surface area contributed by atoms with Crippen molar-refractivity contribution >= 4 is 46.8 Å². The summed E-state index contributed by atoms with van der Waals surface area (Å²) in [7, 11) is 0. The Balaban J connectivity index is 1.61. The number of rotatable bonds is 5. The van der Waals surface area contributed by atoms with Crippen molar-refractivity contribution in [2.24, 2.45) is 5.92 Å². The van der Waals surface area contributed by atoms with Crippen molar-refractivity contribution in [1.29, 1.82) is 0 Å². The molecule has 3 atom stereocenters. The maximum Gasteiger partial charge on any atom is 0.274 e. The van der Waals surface area contributed by atoms with Gasteiger partial charge in [-0.2, -0.15) is 0 Å². The summed E-state index contributed by atoms with van der Waals surface area (Å²) in [6, 6.07) is 5.35. The van der Waals surface area contributed by atoms with E-state index in [4.69, 9.17) is 27.6 Å². The molecule has 4 N–H and O–H groups in total. The number of halogens is 2. The lowest BCUT2D eigenvalue weighted by molar-refractivity contribution is -0.124. The molecule has 4 rings (SSSR count). The molecule has 1 aliphatic rings. The molecule has 0 unspecified atom stereocenters. The van der Waals surface area contributed by atoms with E-state index in [0.717, 1.165) is 0 Å². The summed E-state index contributed by atoms with van der Waals surface area (Å²) < 4.78 is 7.11. The Morgan fingerprint density at radius 1 is 1.07 bits per heavy atom. The Morgan fingerprint density at radius 2 is 1.78 bits per heavy atom. The van der Waals surface area contributed by atoms with Gasteiger partial charge in [-0.15, -0.1) is 0 Å². The number of nitrogens with one attached hydrogen (secondary N) is 4. The Morgan fingerprint density at radius 3 is 2.47 bits per heavy atom. The predicted molar refractivity (Wildman–Crippen MR) is 168 cm³/mol. The highest BCUT2D eigenvalue weighted by atomic mass is 35.5. The van der Waals surface area contributed by atoms with Crippen LogP contribution in [0.5, 0.6) is 0 Å². The first-order valence-electron chi connectivity index (χ1n) is 14.7. The largest absolute Gasteiger partial charge is 0.443 e. The lowest BCUT2D eigenvalue weighted by atomic mass is 10.0. The molecule has 0 aliphatic carbocycles. The van der Waals surface area contributed by atoms with Gasteiger partial charge in [-0.25, -0.2) is 4.98 Å². The Kier molecular flexibility index (Phi) is 11.1. The van der Waals surface area contributed by atoms with Crippen molar-refractivity contribution in [2.45, 2.75) is 71.6 Å². The smallest absolute Gasteiger partial charge is 0.274 e. The standard InChI is InChI=1S/C31H36Cl2N6O6/c1-16(2)24-30-38-25(18(4)45-30)29(43)35-17(3)26(40)34-13-6-5-12-23(28(42)37-24)36-27(41)19-9-8-14-39(31(19)44)15-20-21(32)10-7-11-22(20)33/h7-11,14,16-17,23-24H,5-6,12-13,15H2,1-4H3,(H,34,40)(H,35,43)(H,36,41)(H,37,42)/t17-,23+,24+/m1/s1. The van der Waals surface area contributed by atoms with Crippen molar-refractivity contribution in [2.75, 3.05) is 6.54 Å². The maximum absolute atomic E-state index is 13.7. The monoisotopic (exact) mass is 658 g/mol. The van der Waals surface area contributed by atoms with E-state index in [1.165, 1.54) is 16.8 Å². The number of pyridine rings is 1. The Bertz CT molecular complexity index is 1630. The third-order valence-corrected chi connectivity index (χ3v) is 8.20. The van der Waals surface area contributed by atoms with Gasteiger partial charge in [0.15, 0.2) is 5.69 Å². The minimum atomic E-state index is -1.04. The topological polar surface area (TPSA) is 164 Å². The number of nitrogens with zero attached hydrogens (tertiary/aromatic N) is 2. The van der Waals surface area contributed by atoms with Crippen LogP contribution in [0.2, 0.25) is 10.0 Å². The number of fused-ring (bicyclic) bond motifs is 2. The van der Waals surface area contributed by atoms with Crippen LogP contribution < -0.4 is 26.8 Å². The number of oxazole rings is 1. The molecule has 0 saturated heterocycles. The first-order valence-corrected chi connectivity index (χ1v) is 15.4. The molecule has 0 fully saturated rings. The van der Waals surface area contributed by atoms with Crippen molar-refractivity contribution < 1.29 is 23.6 Å². The van der Waals surface area contributed by atoms with E-state index in [2.05, 4.69) is 26.3 Å². The highest BCUT2D eigenvalue weighted by Gasteiger charge is 2.31. The minimum absolute atomic E-state index is 0.0000642. The summed E-state index contributed by atoms with van der Waals surface area (Å²) >= 11 is 12.6. The first-order chi connectivity index (χ1) is 21.4. The van der Waals surface area contributed by atoms with Gasteiger partial charge in [-0.1, -0.05) is 43.1 Å². The van der Waals surface area contributed by atoms with Gasteiger partial charge in [-0.05, 0) is 63.3 Å². The van der Waals surface area contributed by atoms with E-state index in [9.17, 15) is 24.0 Å². The maximum atomic E-state index is 13.7. The second-order valence-electron chi connectivity index (χ2n) is 11.3. The fourth-order valence-electron chi connectivity index (χ4n) is 4.89. The average Bonchev–Trinajstić information content (AvgIpc) is 3.37. The molecule has 3 heterocycles. The fourth-order valence-corrected chi connectivity index (χ4v) is 5.41. The molecule has 14 heteroatoms. The second kappa shape index (κ2) is 14.7. The molecule has 3 aromatic rings. The summed E-state index contributed by atoms with van der Waals surface area (Å²) in [5.41, 5.74) is -0.222. The molecular formula is C31H36Cl2N6O6. The molecule has 2 aromatic heterocycles. The number of aromatic nitrogens is 2. The Labute approximate surface area is 270 Å². The lowest BCUT2D eigenvalue weighted by Gasteiger charge is -2.24. The average molecular weight is 660 g/mol. The van der Waals surface area contributed by atoms with Gasteiger partial charge < -0.3 is 30.3 Å². The van der Waals surface area contributed by atoms with E-state index >= 15 is 0 Å². The van der Waals surface area contributed by atoms with Gasteiger partial charge in [-0.3, -0.25) is 24.0 Å². The van der Waals surface area contributed by atoms with Crippen LogP contribution in [0, 0.1) is 12.8 Å². The zero-order chi connectivity index (χ0) is 32.8. The molecule has 1 aromatic carbocycles. The van der Waals surface area contributed by atoms with Gasteiger partial charge in [0.25, 0.3) is 17.4 Å². The summed E-state index contributed by atoms with van der Waals surface area (Å²) in [6.07, 6.45) is 2.69. The molecular weight excluding hydrogens is 623 g/mol. The second-order valence-corrected chi connectivity index (χ2v) is 12.1. The summed E-state index contributed by atoms with van der Waals surface area (Å²) in [5.74, 6) is -2.08. The number of benzene rings is 1. The van der Waals surface area contributed by atoms with Gasteiger partial charge in [0.1, 0.15) is 29.4 Å². The zero-order valence-electron chi connectivity index (χ0n) is 25.4.